The first-order valence-corrected chi connectivity index (χ1v) is 10.4. The lowest BCUT2D eigenvalue weighted by Gasteiger charge is -2.13. The number of carbonyl (C=O) groups is 1. The van der Waals surface area contributed by atoms with Gasteiger partial charge in [0.25, 0.3) is 5.56 Å². The van der Waals surface area contributed by atoms with Crippen molar-refractivity contribution >= 4 is 28.5 Å². The molecule has 0 aliphatic heterocycles. The Labute approximate surface area is 184 Å². The number of nitrogens with one attached hydrogen (secondary N) is 1. The zero-order chi connectivity index (χ0) is 22.1. The maximum absolute atomic E-state index is 13.2. The van der Waals surface area contributed by atoms with Crippen molar-refractivity contribution in [3.05, 3.63) is 81.4 Å². The summed E-state index contributed by atoms with van der Waals surface area (Å²) in [7, 11) is 0. The zero-order valence-corrected chi connectivity index (χ0v) is 18.3. The minimum absolute atomic E-state index is 0.102. The molecule has 0 unspecified atom stereocenters. The summed E-state index contributed by atoms with van der Waals surface area (Å²) in [6.07, 6.45) is 3.60. The number of nitrogens with zero attached hydrogens (tertiary/aromatic N) is 3. The summed E-state index contributed by atoms with van der Waals surface area (Å²) < 4.78 is 8.59. The van der Waals surface area contributed by atoms with Gasteiger partial charge < -0.3 is 9.73 Å². The Bertz CT molecular complexity index is 1290. The molecular weight excluding hydrogens is 416 g/mol. The molecule has 0 saturated carbocycles. The summed E-state index contributed by atoms with van der Waals surface area (Å²) in [4.78, 5) is 30.2. The van der Waals surface area contributed by atoms with Crippen LogP contribution in [-0.4, -0.2) is 26.1 Å². The number of amides is 1. The monoisotopic (exact) mass is 438 g/mol. The highest BCUT2D eigenvalue weighted by Crippen LogP contribution is 2.25. The van der Waals surface area contributed by atoms with E-state index < -0.39 is 0 Å². The molecule has 0 radical (unpaired) electrons. The second-order valence-electron chi connectivity index (χ2n) is 7.65. The molecule has 0 aliphatic rings. The Morgan fingerprint density at radius 1 is 1.23 bits per heavy atom. The van der Waals surface area contributed by atoms with E-state index in [1.807, 2.05) is 49.6 Å². The molecule has 4 aromatic rings. The van der Waals surface area contributed by atoms with Gasteiger partial charge in [0, 0.05) is 28.9 Å². The number of hydrogen-bond donors (Lipinski definition) is 1. The third-order valence-electron chi connectivity index (χ3n) is 5.38. The summed E-state index contributed by atoms with van der Waals surface area (Å²) in [5, 5.41) is 4.04. The molecule has 1 amide bonds. The Hall–Kier alpha value is -3.32. The van der Waals surface area contributed by atoms with E-state index in [0.29, 0.717) is 22.5 Å². The predicted octanol–water partition coefficient (Wildman–Crippen LogP) is 3.80. The van der Waals surface area contributed by atoms with E-state index in [1.54, 1.807) is 18.4 Å². The smallest absolute Gasteiger partial charge is 0.263 e. The van der Waals surface area contributed by atoms with Gasteiger partial charge in [-0.2, -0.15) is 0 Å². The van der Waals surface area contributed by atoms with E-state index in [9.17, 15) is 9.59 Å². The Balaban J connectivity index is 1.61. The van der Waals surface area contributed by atoms with Crippen LogP contribution in [0.3, 0.4) is 0 Å². The van der Waals surface area contributed by atoms with E-state index in [4.69, 9.17) is 16.0 Å². The lowest BCUT2D eigenvalue weighted by Crippen LogP contribution is -2.38. The number of benzene rings is 1. The largest absolute Gasteiger partial charge is 0.469 e. The van der Waals surface area contributed by atoms with Crippen LogP contribution in [0.1, 0.15) is 23.9 Å². The van der Waals surface area contributed by atoms with Crippen LogP contribution < -0.4 is 10.9 Å². The first-order valence-electron chi connectivity index (χ1n) is 10.00. The number of aryl methyl sites for hydroxylation is 1. The van der Waals surface area contributed by atoms with Gasteiger partial charge in [-0.05, 0) is 62.7 Å². The quantitative estimate of drug-likeness (QED) is 0.496. The Morgan fingerprint density at radius 3 is 2.65 bits per heavy atom. The fourth-order valence-electron chi connectivity index (χ4n) is 3.76. The number of fused-ring (bicyclic) bond motifs is 1. The number of rotatable bonds is 6. The van der Waals surface area contributed by atoms with Crippen LogP contribution in [0, 0.1) is 13.8 Å². The van der Waals surface area contributed by atoms with Crippen molar-refractivity contribution in [2.75, 3.05) is 0 Å². The molecule has 0 saturated heterocycles. The minimum Gasteiger partial charge on any atom is -0.469 e. The molecule has 1 N–H and O–H groups in total. The van der Waals surface area contributed by atoms with Gasteiger partial charge >= 0.3 is 0 Å². The van der Waals surface area contributed by atoms with Crippen LogP contribution in [-0.2, 0) is 17.8 Å². The third kappa shape index (κ3) is 4.14. The SMILES string of the molecule is Cc1c(C)n(-c2ccc(Cl)cc2)c2ncn(CC(=O)N[C@@H](C)Cc3ccco3)c(=O)c12. The molecule has 3 heterocycles. The fraction of sp³-hybridized carbons (Fsp3) is 0.261. The Kier molecular flexibility index (Phi) is 5.69. The van der Waals surface area contributed by atoms with Crippen LogP contribution in [0.25, 0.3) is 16.7 Å². The lowest BCUT2D eigenvalue weighted by atomic mass is 10.2. The number of halogens is 1. The molecule has 3 aromatic heterocycles. The number of furan rings is 1. The average Bonchev–Trinajstić information content (AvgIpc) is 3.32. The summed E-state index contributed by atoms with van der Waals surface area (Å²) in [5.74, 6) is 0.538. The molecule has 1 atom stereocenters. The van der Waals surface area contributed by atoms with Crippen molar-refractivity contribution < 1.29 is 9.21 Å². The summed E-state index contributed by atoms with van der Waals surface area (Å²) >= 11 is 6.01. The van der Waals surface area contributed by atoms with Gasteiger partial charge in [-0.25, -0.2) is 4.98 Å². The van der Waals surface area contributed by atoms with Gasteiger partial charge in [0.05, 0.1) is 11.6 Å². The van der Waals surface area contributed by atoms with Crippen LogP contribution >= 0.6 is 11.6 Å². The summed E-state index contributed by atoms with van der Waals surface area (Å²) in [6, 6.07) is 10.9. The van der Waals surface area contributed by atoms with E-state index >= 15 is 0 Å². The minimum atomic E-state index is -0.256. The molecule has 0 bridgehead atoms. The van der Waals surface area contributed by atoms with Crippen LogP contribution in [0.2, 0.25) is 5.02 Å². The summed E-state index contributed by atoms with van der Waals surface area (Å²) in [6.45, 7) is 5.63. The maximum Gasteiger partial charge on any atom is 0.263 e. The standard InChI is InChI=1S/C23H23ClN4O3/c1-14(11-19-5-4-10-31-19)26-20(29)12-27-13-25-22-21(23(27)30)15(2)16(3)28(22)18-8-6-17(24)7-9-18/h4-10,13-14H,11-12H2,1-3H3,(H,26,29)/t14-/m0/s1. The fourth-order valence-corrected chi connectivity index (χ4v) is 3.89. The molecule has 31 heavy (non-hydrogen) atoms. The van der Waals surface area contributed by atoms with Crippen molar-refractivity contribution in [3.8, 4) is 5.69 Å². The summed E-state index contributed by atoms with van der Waals surface area (Å²) in [5.41, 5.74) is 2.94. The van der Waals surface area contributed by atoms with Crippen LogP contribution in [0.4, 0.5) is 0 Å². The second kappa shape index (κ2) is 8.43. The first-order chi connectivity index (χ1) is 14.8. The normalized spacial score (nSPS) is 12.3. The van der Waals surface area contributed by atoms with Gasteiger partial charge in [-0.1, -0.05) is 11.6 Å². The molecule has 1 aromatic carbocycles. The van der Waals surface area contributed by atoms with Gasteiger partial charge in [0.15, 0.2) is 5.65 Å². The van der Waals surface area contributed by atoms with E-state index in [-0.39, 0.29) is 24.1 Å². The van der Waals surface area contributed by atoms with Gasteiger partial charge in [0.1, 0.15) is 18.6 Å². The molecule has 7 nitrogen and oxygen atoms in total. The molecule has 0 fully saturated rings. The molecule has 4 rings (SSSR count). The van der Waals surface area contributed by atoms with Crippen molar-refractivity contribution in [2.45, 2.75) is 39.8 Å². The molecule has 0 aliphatic carbocycles. The molecule has 0 spiro atoms. The highest BCUT2D eigenvalue weighted by atomic mass is 35.5. The first kappa shape index (κ1) is 20.9. The van der Waals surface area contributed by atoms with Crippen molar-refractivity contribution in [2.24, 2.45) is 0 Å². The van der Waals surface area contributed by atoms with E-state index in [1.165, 1.54) is 10.9 Å². The van der Waals surface area contributed by atoms with Gasteiger partial charge in [-0.3, -0.25) is 18.7 Å². The molecular formula is C23H23ClN4O3. The van der Waals surface area contributed by atoms with Crippen molar-refractivity contribution in [1.82, 2.24) is 19.4 Å². The predicted molar refractivity (Wildman–Crippen MR) is 120 cm³/mol. The van der Waals surface area contributed by atoms with Crippen molar-refractivity contribution in [3.63, 3.8) is 0 Å². The van der Waals surface area contributed by atoms with Crippen molar-refractivity contribution in [1.29, 1.82) is 0 Å². The lowest BCUT2D eigenvalue weighted by molar-refractivity contribution is -0.122. The van der Waals surface area contributed by atoms with Crippen LogP contribution in [0.5, 0.6) is 0 Å². The van der Waals surface area contributed by atoms with Gasteiger partial charge in [-0.15, -0.1) is 0 Å². The second-order valence-corrected chi connectivity index (χ2v) is 8.09. The highest BCUT2D eigenvalue weighted by Gasteiger charge is 2.19. The maximum atomic E-state index is 13.2. The third-order valence-corrected chi connectivity index (χ3v) is 5.63. The number of hydrogen-bond acceptors (Lipinski definition) is 4. The zero-order valence-electron chi connectivity index (χ0n) is 17.6. The number of aromatic nitrogens is 3. The highest BCUT2D eigenvalue weighted by molar-refractivity contribution is 6.30. The van der Waals surface area contributed by atoms with E-state index in [2.05, 4.69) is 10.3 Å². The molecule has 160 valence electrons. The molecule has 8 heteroatoms. The average molecular weight is 439 g/mol. The topological polar surface area (TPSA) is 82.1 Å². The van der Waals surface area contributed by atoms with Gasteiger partial charge in [0.2, 0.25) is 5.91 Å². The Morgan fingerprint density at radius 2 is 1.97 bits per heavy atom. The number of carbonyl (C=O) groups excluding carboxylic acids is 1. The van der Waals surface area contributed by atoms with E-state index in [0.717, 1.165) is 22.7 Å². The van der Waals surface area contributed by atoms with Crippen LogP contribution in [0.15, 0.2) is 58.2 Å².